The summed E-state index contributed by atoms with van der Waals surface area (Å²) in [5.74, 6) is 0. The van der Waals surface area contributed by atoms with Gasteiger partial charge in [0.15, 0.2) is 0 Å². The number of hydrogen-bond donors (Lipinski definition) is 1. The molecule has 0 spiro atoms. The van der Waals surface area contributed by atoms with Gasteiger partial charge in [0.25, 0.3) is 0 Å². The van der Waals surface area contributed by atoms with Crippen LogP contribution in [0.5, 0.6) is 0 Å². The number of benzene rings is 2. The zero-order valence-electron chi connectivity index (χ0n) is 9.77. The van der Waals surface area contributed by atoms with Crippen molar-refractivity contribution in [3.8, 4) is 5.69 Å². The third-order valence-corrected chi connectivity index (χ3v) is 3.25. The number of nitrogens with one attached hydrogen (secondary N) is 1. The van der Waals surface area contributed by atoms with E-state index in [1.54, 1.807) is 10.6 Å². The molecule has 0 aliphatic rings. The molecule has 1 aromatic heterocycles. The number of halogens is 1. The molecule has 0 aliphatic heterocycles. The van der Waals surface area contributed by atoms with Gasteiger partial charge in [-0.2, -0.15) is 0 Å². The van der Waals surface area contributed by atoms with Crippen molar-refractivity contribution in [1.29, 1.82) is 0 Å². The summed E-state index contributed by atoms with van der Waals surface area (Å²) in [5.41, 5.74) is 3.24. The maximum absolute atomic E-state index is 12.0. The van der Waals surface area contributed by atoms with Gasteiger partial charge in [-0.1, -0.05) is 35.4 Å². The molecule has 0 amide bonds. The molecule has 3 nitrogen and oxygen atoms in total. The number of rotatable bonds is 1. The Kier molecular flexibility index (Phi) is 2.49. The standard InChI is InChI=1S/C14H11ClN2O/c1-9-5-7-10(8-6-9)17-13-11(15)3-2-4-12(13)16-14(17)18/h2-8H,1H3,(H,16,18). The number of hydrogen-bond acceptors (Lipinski definition) is 1. The highest BCUT2D eigenvalue weighted by molar-refractivity contribution is 6.35. The molecule has 0 radical (unpaired) electrons. The Hall–Kier alpha value is -2.00. The lowest BCUT2D eigenvalue weighted by Crippen LogP contribution is -2.14. The van der Waals surface area contributed by atoms with Gasteiger partial charge in [-0.05, 0) is 31.2 Å². The van der Waals surface area contributed by atoms with E-state index in [0.29, 0.717) is 10.5 Å². The Bertz CT molecular complexity index is 769. The second kappa shape index (κ2) is 4.03. The summed E-state index contributed by atoms with van der Waals surface area (Å²) in [7, 11) is 0. The minimum absolute atomic E-state index is 0.179. The second-order valence-electron chi connectivity index (χ2n) is 4.24. The molecular weight excluding hydrogens is 248 g/mol. The Morgan fingerprint density at radius 3 is 2.56 bits per heavy atom. The molecule has 0 bridgehead atoms. The minimum Gasteiger partial charge on any atom is -0.305 e. The normalized spacial score (nSPS) is 11.0. The Balaban J connectivity index is 2.38. The average Bonchev–Trinajstić information content (AvgIpc) is 2.68. The van der Waals surface area contributed by atoms with Gasteiger partial charge in [0, 0.05) is 0 Å². The second-order valence-corrected chi connectivity index (χ2v) is 4.64. The number of imidazole rings is 1. The molecule has 0 aliphatic carbocycles. The van der Waals surface area contributed by atoms with E-state index in [0.717, 1.165) is 16.8 Å². The first-order chi connectivity index (χ1) is 8.66. The predicted octanol–water partition coefficient (Wildman–Crippen LogP) is 3.28. The van der Waals surface area contributed by atoms with Crippen LogP contribution in [0.4, 0.5) is 0 Å². The van der Waals surface area contributed by atoms with Crippen LogP contribution in [0, 0.1) is 6.92 Å². The molecule has 0 atom stereocenters. The van der Waals surface area contributed by atoms with Crippen LogP contribution >= 0.6 is 11.6 Å². The van der Waals surface area contributed by atoms with Gasteiger partial charge in [-0.3, -0.25) is 4.57 Å². The highest BCUT2D eigenvalue weighted by atomic mass is 35.5. The Labute approximate surface area is 109 Å². The lowest BCUT2D eigenvalue weighted by molar-refractivity contribution is 1.01. The summed E-state index contributed by atoms with van der Waals surface area (Å²) < 4.78 is 1.59. The third kappa shape index (κ3) is 1.64. The van der Waals surface area contributed by atoms with E-state index < -0.39 is 0 Å². The monoisotopic (exact) mass is 258 g/mol. The molecule has 2 aromatic carbocycles. The summed E-state index contributed by atoms with van der Waals surface area (Å²) in [5, 5.41) is 0.562. The third-order valence-electron chi connectivity index (χ3n) is 2.95. The molecule has 1 N–H and O–H groups in total. The molecule has 4 heteroatoms. The average molecular weight is 259 g/mol. The van der Waals surface area contributed by atoms with Crippen LogP contribution in [0.25, 0.3) is 16.7 Å². The van der Waals surface area contributed by atoms with Gasteiger partial charge in [0.1, 0.15) is 0 Å². The number of para-hydroxylation sites is 1. The molecule has 1 heterocycles. The van der Waals surface area contributed by atoms with Crippen molar-refractivity contribution >= 4 is 22.6 Å². The highest BCUT2D eigenvalue weighted by Gasteiger charge is 2.11. The molecular formula is C14H11ClN2O. The topological polar surface area (TPSA) is 37.8 Å². The maximum atomic E-state index is 12.0. The van der Waals surface area contributed by atoms with Gasteiger partial charge < -0.3 is 4.98 Å². The van der Waals surface area contributed by atoms with E-state index in [4.69, 9.17) is 11.6 Å². The first-order valence-electron chi connectivity index (χ1n) is 5.63. The fourth-order valence-corrected chi connectivity index (χ4v) is 2.32. The van der Waals surface area contributed by atoms with Gasteiger partial charge >= 0.3 is 5.69 Å². The quantitative estimate of drug-likeness (QED) is 0.715. The fraction of sp³-hybridized carbons (Fsp3) is 0.0714. The van der Waals surface area contributed by atoms with Gasteiger partial charge in [0.2, 0.25) is 0 Å². The predicted molar refractivity (Wildman–Crippen MR) is 73.6 cm³/mol. The van der Waals surface area contributed by atoms with Gasteiger partial charge in [-0.25, -0.2) is 4.79 Å². The molecule has 3 rings (SSSR count). The summed E-state index contributed by atoms with van der Waals surface area (Å²) in [6.45, 7) is 2.01. The SMILES string of the molecule is Cc1ccc(-n2c(=O)[nH]c3cccc(Cl)c32)cc1. The molecule has 18 heavy (non-hydrogen) atoms. The van der Waals surface area contributed by atoms with Crippen molar-refractivity contribution < 1.29 is 0 Å². The molecule has 3 aromatic rings. The Morgan fingerprint density at radius 1 is 1.11 bits per heavy atom. The first-order valence-corrected chi connectivity index (χ1v) is 6.01. The number of fused-ring (bicyclic) bond motifs is 1. The minimum atomic E-state index is -0.179. The van der Waals surface area contributed by atoms with Crippen molar-refractivity contribution in [1.82, 2.24) is 9.55 Å². The van der Waals surface area contributed by atoms with E-state index in [1.165, 1.54) is 0 Å². The van der Waals surface area contributed by atoms with Crippen molar-refractivity contribution in [2.24, 2.45) is 0 Å². The van der Waals surface area contributed by atoms with Crippen LogP contribution in [-0.4, -0.2) is 9.55 Å². The number of nitrogens with zero attached hydrogens (tertiary/aromatic N) is 1. The molecule has 0 saturated carbocycles. The lowest BCUT2D eigenvalue weighted by atomic mass is 10.2. The summed E-state index contributed by atoms with van der Waals surface area (Å²) in [6, 6.07) is 13.2. The van der Waals surface area contributed by atoms with Crippen molar-refractivity contribution in [2.75, 3.05) is 0 Å². The number of aryl methyl sites for hydroxylation is 1. The molecule has 0 saturated heterocycles. The van der Waals surface area contributed by atoms with E-state index in [1.807, 2.05) is 43.3 Å². The maximum Gasteiger partial charge on any atom is 0.331 e. The van der Waals surface area contributed by atoms with Crippen LogP contribution in [0.1, 0.15) is 5.56 Å². The zero-order valence-corrected chi connectivity index (χ0v) is 10.5. The van der Waals surface area contributed by atoms with Crippen molar-refractivity contribution in [3.05, 3.63) is 63.5 Å². The molecule has 0 unspecified atom stereocenters. The molecule has 90 valence electrons. The fourth-order valence-electron chi connectivity index (χ4n) is 2.06. The number of aromatic amines is 1. The highest BCUT2D eigenvalue weighted by Crippen LogP contribution is 2.23. The van der Waals surface area contributed by atoms with E-state index in [2.05, 4.69) is 4.98 Å². The first kappa shape index (κ1) is 11.1. The largest absolute Gasteiger partial charge is 0.331 e. The van der Waals surface area contributed by atoms with Crippen molar-refractivity contribution in [3.63, 3.8) is 0 Å². The summed E-state index contributed by atoms with van der Waals surface area (Å²) in [4.78, 5) is 14.8. The number of H-pyrrole nitrogens is 1. The molecule has 0 fully saturated rings. The lowest BCUT2D eigenvalue weighted by Gasteiger charge is -2.04. The summed E-state index contributed by atoms with van der Waals surface area (Å²) in [6.07, 6.45) is 0. The van der Waals surface area contributed by atoms with Gasteiger partial charge in [-0.15, -0.1) is 0 Å². The smallest absolute Gasteiger partial charge is 0.305 e. The summed E-state index contributed by atoms with van der Waals surface area (Å²) >= 11 is 6.18. The van der Waals surface area contributed by atoms with Crippen LogP contribution in [0.3, 0.4) is 0 Å². The van der Waals surface area contributed by atoms with E-state index >= 15 is 0 Å². The van der Waals surface area contributed by atoms with Crippen LogP contribution < -0.4 is 5.69 Å². The van der Waals surface area contributed by atoms with Crippen LogP contribution in [-0.2, 0) is 0 Å². The van der Waals surface area contributed by atoms with E-state index in [9.17, 15) is 4.79 Å². The van der Waals surface area contributed by atoms with E-state index in [-0.39, 0.29) is 5.69 Å². The number of aromatic nitrogens is 2. The van der Waals surface area contributed by atoms with Gasteiger partial charge in [0.05, 0.1) is 21.7 Å². The zero-order chi connectivity index (χ0) is 12.7. The van der Waals surface area contributed by atoms with Crippen molar-refractivity contribution in [2.45, 2.75) is 6.92 Å². The Morgan fingerprint density at radius 2 is 1.83 bits per heavy atom. The van der Waals surface area contributed by atoms with Crippen LogP contribution in [0.2, 0.25) is 5.02 Å². The van der Waals surface area contributed by atoms with Crippen LogP contribution in [0.15, 0.2) is 47.3 Å².